The topological polar surface area (TPSA) is 137 Å². The zero-order valence-corrected chi connectivity index (χ0v) is 19.8. The molecule has 1 N–H and O–H groups in total. The minimum atomic E-state index is -3.95. The van der Waals surface area contributed by atoms with Gasteiger partial charge in [0.05, 0.1) is 15.2 Å². The van der Waals surface area contributed by atoms with E-state index >= 15 is 0 Å². The molecule has 180 valence electrons. The lowest BCUT2D eigenvalue weighted by Crippen LogP contribution is -2.36. The minimum absolute atomic E-state index is 0.0685. The highest BCUT2D eigenvalue weighted by atomic mass is 32.2. The first-order valence-electron chi connectivity index (χ1n) is 10.7. The molecule has 3 heterocycles. The van der Waals surface area contributed by atoms with Crippen molar-refractivity contribution in [1.82, 2.24) is 13.9 Å². The van der Waals surface area contributed by atoms with Crippen LogP contribution in [-0.2, 0) is 14.8 Å². The molecule has 4 rings (SSSR count). The number of carbonyl (C=O) groups is 1. The smallest absolute Gasteiger partial charge is 0.410 e. The lowest BCUT2D eigenvalue weighted by molar-refractivity contribution is -0.384. The van der Waals surface area contributed by atoms with Crippen LogP contribution in [0.15, 0.2) is 53.7 Å². The molecule has 1 atom stereocenters. The SMILES string of the molecule is CC(C)(C)OC(=O)N1CC[C@H](Nc2c([N+](=O)[O-])cnc3c2ccn3S(=O)(=O)c2ccccc2)C1. The zero-order valence-electron chi connectivity index (χ0n) is 19.0. The van der Waals surface area contributed by atoms with Crippen LogP contribution in [0.25, 0.3) is 11.0 Å². The summed E-state index contributed by atoms with van der Waals surface area (Å²) in [6, 6.07) is 9.06. The van der Waals surface area contributed by atoms with Crippen LogP contribution in [-0.4, -0.2) is 58.0 Å². The van der Waals surface area contributed by atoms with Crippen LogP contribution >= 0.6 is 0 Å². The van der Waals surface area contributed by atoms with Crippen molar-refractivity contribution < 1.29 is 22.9 Å². The number of hydrogen-bond donors (Lipinski definition) is 1. The molecule has 0 bridgehead atoms. The number of ether oxygens (including phenoxy) is 1. The van der Waals surface area contributed by atoms with Gasteiger partial charge in [-0.3, -0.25) is 10.1 Å². The van der Waals surface area contributed by atoms with Crippen LogP contribution in [0.1, 0.15) is 27.2 Å². The van der Waals surface area contributed by atoms with Crippen molar-refractivity contribution in [2.75, 3.05) is 18.4 Å². The van der Waals surface area contributed by atoms with Gasteiger partial charge in [0.15, 0.2) is 5.65 Å². The number of anilines is 1. The van der Waals surface area contributed by atoms with E-state index in [-0.39, 0.29) is 28.0 Å². The van der Waals surface area contributed by atoms with Crippen LogP contribution in [0.5, 0.6) is 0 Å². The number of nitrogens with zero attached hydrogens (tertiary/aromatic N) is 4. The van der Waals surface area contributed by atoms with Crippen LogP contribution in [0, 0.1) is 10.1 Å². The highest BCUT2D eigenvalue weighted by molar-refractivity contribution is 7.90. The number of benzene rings is 1. The number of nitrogens with one attached hydrogen (secondary N) is 1. The Morgan fingerprint density at radius 1 is 1.24 bits per heavy atom. The van der Waals surface area contributed by atoms with Crippen molar-refractivity contribution in [1.29, 1.82) is 0 Å². The van der Waals surface area contributed by atoms with Crippen molar-refractivity contribution >= 4 is 38.5 Å². The summed E-state index contributed by atoms with van der Waals surface area (Å²) in [5, 5.41) is 15.2. The predicted molar refractivity (Wildman–Crippen MR) is 125 cm³/mol. The highest BCUT2D eigenvalue weighted by Gasteiger charge is 2.32. The van der Waals surface area contributed by atoms with Crippen LogP contribution in [0.3, 0.4) is 0 Å². The summed E-state index contributed by atoms with van der Waals surface area (Å²) >= 11 is 0. The molecular weight excluding hydrogens is 462 g/mol. The second-order valence-corrected chi connectivity index (χ2v) is 10.8. The predicted octanol–water partition coefficient (Wildman–Crippen LogP) is 3.60. The second-order valence-electron chi connectivity index (χ2n) is 9.00. The van der Waals surface area contributed by atoms with Crippen molar-refractivity contribution in [3.8, 4) is 0 Å². The molecule has 0 unspecified atom stereocenters. The van der Waals surface area contributed by atoms with Gasteiger partial charge in [-0.2, -0.15) is 0 Å². The molecule has 0 aliphatic carbocycles. The average molecular weight is 488 g/mol. The lowest BCUT2D eigenvalue weighted by Gasteiger charge is -2.24. The number of hydrogen-bond acceptors (Lipinski definition) is 8. The maximum atomic E-state index is 13.1. The van der Waals surface area contributed by atoms with E-state index in [1.165, 1.54) is 29.3 Å². The maximum Gasteiger partial charge on any atom is 0.410 e. The second kappa shape index (κ2) is 8.60. The number of rotatable bonds is 5. The summed E-state index contributed by atoms with van der Waals surface area (Å²) in [4.78, 5) is 29.2. The summed E-state index contributed by atoms with van der Waals surface area (Å²) in [6.45, 7) is 6.06. The fourth-order valence-corrected chi connectivity index (χ4v) is 5.14. The van der Waals surface area contributed by atoms with Crippen molar-refractivity contribution in [2.45, 2.75) is 43.7 Å². The molecule has 1 saturated heterocycles. The molecule has 1 aliphatic rings. The number of pyridine rings is 1. The summed E-state index contributed by atoms with van der Waals surface area (Å²) < 4.78 is 32.7. The fraction of sp³-hybridized carbons (Fsp3) is 0.364. The Hall–Kier alpha value is -3.67. The molecule has 34 heavy (non-hydrogen) atoms. The van der Waals surface area contributed by atoms with Crippen LogP contribution < -0.4 is 5.32 Å². The van der Waals surface area contributed by atoms with Gasteiger partial charge in [-0.15, -0.1) is 0 Å². The molecule has 3 aromatic rings. The molecule has 1 amide bonds. The van der Waals surface area contributed by atoms with Gasteiger partial charge in [0.2, 0.25) is 0 Å². The summed E-state index contributed by atoms with van der Waals surface area (Å²) in [6.07, 6.45) is 2.47. The van der Waals surface area contributed by atoms with E-state index in [1.54, 1.807) is 39.0 Å². The quantitative estimate of drug-likeness (QED) is 0.426. The number of nitro groups is 1. The normalized spacial score (nSPS) is 16.6. The van der Waals surface area contributed by atoms with Gasteiger partial charge in [-0.05, 0) is 45.4 Å². The molecule has 0 radical (unpaired) electrons. The van der Waals surface area contributed by atoms with E-state index in [4.69, 9.17) is 4.74 Å². The van der Waals surface area contributed by atoms with Crippen molar-refractivity contribution in [3.05, 3.63) is 58.9 Å². The molecule has 11 nitrogen and oxygen atoms in total. The van der Waals surface area contributed by atoms with Gasteiger partial charge in [-0.1, -0.05) is 18.2 Å². The van der Waals surface area contributed by atoms with E-state index < -0.39 is 26.6 Å². The zero-order chi connectivity index (χ0) is 24.7. The number of carbonyl (C=O) groups excluding carboxylic acids is 1. The molecule has 12 heteroatoms. The van der Waals surface area contributed by atoms with E-state index in [2.05, 4.69) is 10.3 Å². The Morgan fingerprint density at radius 2 is 1.94 bits per heavy atom. The fourth-order valence-electron chi connectivity index (χ4n) is 3.82. The first kappa shape index (κ1) is 23.5. The van der Waals surface area contributed by atoms with Gasteiger partial charge in [0, 0.05) is 25.3 Å². The average Bonchev–Trinajstić information content (AvgIpc) is 3.41. The van der Waals surface area contributed by atoms with E-state index in [0.29, 0.717) is 24.9 Å². The number of likely N-dealkylation sites (tertiary alicyclic amines) is 1. The Labute approximate surface area is 196 Å². The van der Waals surface area contributed by atoms with Gasteiger partial charge in [0.25, 0.3) is 10.0 Å². The molecule has 1 fully saturated rings. The summed E-state index contributed by atoms with van der Waals surface area (Å²) in [5.74, 6) is 0. The first-order valence-corrected chi connectivity index (χ1v) is 12.1. The Balaban J connectivity index is 1.67. The van der Waals surface area contributed by atoms with Crippen molar-refractivity contribution in [3.63, 3.8) is 0 Å². The number of aromatic nitrogens is 2. The van der Waals surface area contributed by atoms with Gasteiger partial charge >= 0.3 is 11.8 Å². The number of fused-ring (bicyclic) bond motifs is 1. The third-order valence-corrected chi connectivity index (χ3v) is 7.03. The first-order chi connectivity index (χ1) is 16.0. The van der Waals surface area contributed by atoms with Gasteiger partial charge in [-0.25, -0.2) is 22.2 Å². The van der Waals surface area contributed by atoms with Gasteiger partial charge in [0.1, 0.15) is 17.5 Å². The largest absolute Gasteiger partial charge is 0.444 e. The Kier molecular flexibility index (Phi) is 5.94. The molecule has 0 spiro atoms. The van der Waals surface area contributed by atoms with E-state index in [9.17, 15) is 23.3 Å². The molecule has 1 aliphatic heterocycles. The number of amides is 1. The van der Waals surface area contributed by atoms with Crippen LogP contribution in [0.4, 0.5) is 16.2 Å². The lowest BCUT2D eigenvalue weighted by atomic mass is 10.2. The van der Waals surface area contributed by atoms with E-state index in [0.717, 1.165) is 10.2 Å². The monoisotopic (exact) mass is 487 g/mol. The van der Waals surface area contributed by atoms with E-state index in [1.807, 2.05) is 0 Å². The standard InChI is InChI=1S/C22H25N5O6S/c1-22(2,3)33-21(28)25-11-9-15(14-25)24-19-17-10-12-26(20(17)23-13-18(19)27(29)30)34(31,32)16-7-5-4-6-8-16/h4-8,10,12-13,15H,9,11,14H2,1-3H3,(H,23,24)/t15-/m0/s1. The highest BCUT2D eigenvalue weighted by Crippen LogP contribution is 2.35. The molecule has 2 aromatic heterocycles. The third-order valence-electron chi connectivity index (χ3n) is 5.35. The van der Waals surface area contributed by atoms with Gasteiger partial charge < -0.3 is 15.0 Å². The molecule has 1 aromatic carbocycles. The Morgan fingerprint density at radius 3 is 2.59 bits per heavy atom. The Bertz CT molecular complexity index is 1350. The summed E-state index contributed by atoms with van der Waals surface area (Å²) in [5.41, 5.74) is -0.684. The maximum absolute atomic E-state index is 13.1. The van der Waals surface area contributed by atoms with Crippen molar-refractivity contribution in [2.24, 2.45) is 0 Å². The van der Waals surface area contributed by atoms with Crippen LogP contribution in [0.2, 0.25) is 0 Å². The third kappa shape index (κ3) is 4.53. The summed E-state index contributed by atoms with van der Waals surface area (Å²) in [7, 11) is -3.95. The minimum Gasteiger partial charge on any atom is -0.444 e. The molecular formula is C22H25N5O6S. The molecule has 0 saturated carbocycles.